The van der Waals surface area contributed by atoms with Gasteiger partial charge in [0.15, 0.2) is 0 Å². The van der Waals surface area contributed by atoms with Gasteiger partial charge in [0.2, 0.25) is 0 Å². The second kappa shape index (κ2) is 5.72. The maximum Gasteiger partial charge on any atom is 0.126 e. The molecule has 0 spiro atoms. The first kappa shape index (κ1) is 12.6. The molecule has 1 aromatic heterocycles. The zero-order chi connectivity index (χ0) is 13.8. The van der Waals surface area contributed by atoms with Gasteiger partial charge in [-0.1, -0.05) is 30.3 Å². The molecule has 1 fully saturated rings. The summed E-state index contributed by atoms with van der Waals surface area (Å²) in [5.41, 5.74) is 1.74. The van der Waals surface area contributed by atoms with Crippen LogP contribution >= 0.6 is 0 Å². The minimum Gasteiger partial charge on any atom is -0.371 e. The molecular formula is C16H15N3O. The first-order valence-electron chi connectivity index (χ1n) is 6.66. The molecule has 0 bridgehead atoms. The first-order valence-corrected chi connectivity index (χ1v) is 6.66. The van der Waals surface area contributed by atoms with Crippen molar-refractivity contribution in [2.45, 2.75) is 18.6 Å². The Morgan fingerprint density at radius 3 is 2.75 bits per heavy atom. The Morgan fingerprint density at radius 2 is 2.05 bits per heavy atom. The molecule has 1 aliphatic rings. The number of anilines is 1. The van der Waals surface area contributed by atoms with Crippen LogP contribution in [0.1, 0.15) is 23.7 Å². The van der Waals surface area contributed by atoms with Crippen molar-refractivity contribution in [3.8, 4) is 6.07 Å². The van der Waals surface area contributed by atoms with Crippen molar-refractivity contribution in [1.29, 1.82) is 5.26 Å². The number of rotatable bonds is 3. The predicted molar refractivity (Wildman–Crippen MR) is 76.1 cm³/mol. The molecule has 1 saturated heterocycles. The molecule has 2 unspecified atom stereocenters. The van der Waals surface area contributed by atoms with E-state index in [0.717, 1.165) is 18.8 Å². The van der Waals surface area contributed by atoms with E-state index < -0.39 is 0 Å². The topological polar surface area (TPSA) is 57.9 Å². The van der Waals surface area contributed by atoms with E-state index in [4.69, 9.17) is 10.00 Å². The molecule has 1 N–H and O–H groups in total. The predicted octanol–water partition coefficient (Wildman–Crippen LogP) is 2.90. The van der Waals surface area contributed by atoms with Gasteiger partial charge in [-0.05, 0) is 24.1 Å². The summed E-state index contributed by atoms with van der Waals surface area (Å²) >= 11 is 0. The van der Waals surface area contributed by atoms with Crippen LogP contribution in [0.5, 0.6) is 0 Å². The molecule has 1 aliphatic heterocycles. The maximum absolute atomic E-state index is 8.77. The van der Waals surface area contributed by atoms with Crippen molar-refractivity contribution in [3.05, 3.63) is 59.8 Å². The van der Waals surface area contributed by atoms with Crippen molar-refractivity contribution in [2.75, 3.05) is 11.9 Å². The van der Waals surface area contributed by atoms with Crippen LogP contribution in [-0.2, 0) is 4.74 Å². The third-order valence-corrected chi connectivity index (χ3v) is 3.45. The Balaban J connectivity index is 1.74. The summed E-state index contributed by atoms with van der Waals surface area (Å²) in [5.74, 6) is 0.778. The monoisotopic (exact) mass is 265 g/mol. The fourth-order valence-corrected chi connectivity index (χ4v) is 2.44. The fourth-order valence-electron chi connectivity index (χ4n) is 2.44. The molecule has 20 heavy (non-hydrogen) atoms. The molecule has 0 radical (unpaired) electrons. The Labute approximate surface area is 118 Å². The smallest absolute Gasteiger partial charge is 0.126 e. The Morgan fingerprint density at radius 1 is 1.20 bits per heavy atom. The van der Waals surface area contributed by atoms with Gasteiger partial charge >= 0.3 is 0 Å². The molecule has 4 heteroatoms. The van der Waals surface area contributed by atoms with Crippen LogP contribution in [0.4, 0.5) is 5.82 Å². The number of nitriles is 1. The Kier molecular flexibility index (Phi) is 3.62. The summed E-state index contributed by atoms with van der Waals surface area (Å²) in [7, 11) is 0. The normalized spacial score (nSPS) is 21.4. The first-order chi connectivity index (χ1) is 9.86. The van der Waals surface area contributed by atoms with Gasteiger partial charge in [-0.15, -0.1) is 0 Å². The average molecular weight is 265 g/mol. The van der Waals surface area contributed by atoms with E-state index in [1.807, 2.05) is 24.3 Å². The van der Waals surface area contributed by atoms with Crippen LogP contribution in [-0.4, -0.2) is 17.6 Å². The summed E-state index contributed by atoms with van der Waals surface area (Å²) in [6.45, 7) is 0.744. The zero-order valence-electron chi connectivity index (χ0n) is 11.0. The number of hydrogen-bond acceptors (Lipinski definition) is 4. The van der Waals surface area contributed by atoms with Gasteiger partial charge in [-0.2, -0.15) is 5.26 Å². The second-order valence-corrected chi connectivity index (χ2v) is 4.79. The summed E-state index contributed by atoms with van der Waals surface area (Å²) in [4.78, 5) is 4.25. The molecule has 3 rings (SSSR count). The molecular weight excluding hydrogens is 250 g/mol. The highest BCUT2D eigenvalue weighted by atomic mass is 16.5. The SMILES string of the molecule is N#Cc1ccc(NC2CCOC2c2ccccc2)nc1. The van der Waals surface area contributed by atoms with Crippen molar-refractivity contribution < 1.29 is 4.74 Å². The van der Waals surface area contributed by atoms with Crippen LogP contribution in [0.3, 0.4) is 0 Å². The number of benzene rings is 1. The van der Waals surface area contributed by atoms with Gasteiger partial charge in [0.25, 0.3) is 0 Å². The van der Waals surface area contributed by atoms with Crippen LogP contribution < -0.4 is 5.32 Å². The number of nitrogens with one attached hydrogen (secondary N) is 1. The summed E-state index contributed by atoms with van der Waals surface area (Å²) < 4.78 is 5.83. The third kappa shape index (κ3) is 2.63. The largest absolute Gasteiger partial charge is 0.371 e. The average Bonchev–Trinajstić information content (AvgIpc) is 2.97. The molecule has 1 aromatic carbocycles. The van der Waals surface area contributed by atoms with Gasteiger partial charge in [-0.3, -0.25) is 0 Å². The minimum absolute atomic E-state index is 0.0497. The molecule has 0 aliphatic carbocycles. The Bertz CT molecular complexity index is 604. The van der Waals surface area contributed by atoms with Crippen LogP contribution in [0.2, 0.25) is 0 Å². The van der Waals surface area contributed by atoms with E-state index in [0.29, 0.717) is 5.56 Å². The highest BCUT2D eigenvalue weighted by molar-refractivity contribution is 5.41. The molecule has 2 atom stereocenters. The quantitative estimate of drug-likeness (QED) is 0.927. The van der Waals surface area contributed by atoms with E-state index in [1.54, 1.807) is 12.3 Å². The number of ether oxygens (including phenoxy) is 1. The highest BCUT2D eigenvalue weighted by Gasteiger charge is 2.29. The van der Waals surface area contributed by atoms with Gasteiger partial charge in [0.1, 0.15) is 18.0 Å². The van der Waals surface area contributed by atoms with Crippen LogP contribution in [0.25, 0.3) is 0 Å². The lowest BCUT2D eigenvalue weighted by Crippen LogP contribution is -2.23. The molecule has 0 amide bonds. The lowest BCUT2D eigenvalue weighted by molar-refractivity contribution is 0.107. The van der Waals surface area contributed by atoms with Crippen molar-refractivity contribution in [2.24, 2.45) is 0 Å². The van der Waals surface area contributed by atoms with E-state index in [1.165, 1.54) is 5.56 Å². The lowest BCUT2D eigenvalue weighted by atomic mass is 10.0. The zero-order valence-corrected chi connectivity index (χ0v) is 11.0. The summed E-state index contributed by atoms with van der Waals surface area (Å²) in [6.07, 6.45) is 2.57. The van der Waals surface area contributed by atoms with Crippen molar-refractivity contribution >= 4 is 5.82 Å². The fraction of sp³-hybridized carbons (Fsp3) is 0.250. The van der Waals surface area contributed by atoms with E-state index in [2.05, 4.69) is 28.5 Å². The van der Waals surface area contributed by atoms with E-state index in [-0.39, 0.29) is 12.1 Å². The molecule has 100 valence electrons. The molecule has 2 heterocycles. The van der Waals surface area contributed by atoms with Gasteiger partial charge in [-0.25, -0.2) is 4.98 Å². The van der Waals surface area contributed by atoms with Gasteiger partial charge in [0, 0.05) is 12.8 Å². The number of pyridine rings is 1. The maximum atomic E-state index is 8.77. The number of nitrogens with zero attached hydrogens (tertiary/aromatic N) is 2. The Hall–Kier alpha value is -2.38. The van der Waals surface area contributed by atoms with Crippen LogP contribution in [0.15, 0.2) is 48.7 Å². The molecule has 2 aromatic rings. The van der Waals surface area contributed by atoms with E-state index >= 15 is 0 Å². The summed E-state index contributed by atoms with van der Waals surface area (Å²) in [6, 6.07) is 16.1. The lowest BCUT2D eigenvalue weighted by Gasteiger charge is -2.20. The standard InChI is InChI=1S/C16H15N3O/c17-10-12-6-7-15(18-11-12)19-14-8-9-20-16(14)13-4-2-1-3-5-13/h1-7,11,14,16H,8-9H2,(H,18,19). The molecule has 0 saturated carbocycles. The number of aromatic nitrogens is 1. The van der Waals surface area contributed by atoms with Crippen molar-refractivity contribution in [3.63, 3.8) is 0 Å². The number of hydrogen-bond donors (Lipinski definition) is 1. The van der Waals surface area contributed by atoms with Crippen molar-refractivity contribution in [1.82, 2.24) is 4.98 Å². The third-order valence-electron chi connectivity index (χ3n) is 3.45. The van der Waals surface area contributed by atoms with E-state index in [9.17, 15) is 0 Å². The van der Waals surface area contributed by atoms with Gasteiger partial charge < -0.3 is 10.1 Å². The van der Waals surface area contributed by atoms with Gasteiger partial charge in [0.05, 0.1) is 11.6 Å². The second-order valence-electron chi connectivity index (χ2n) is 4.79. The molecule has 4 nitrogen and oxygen atoms in total. The minimum atomic E-state index is 0.0497. The highest BCUT2D eigenvalue weighted by Crippen LogP contribution is 2.30. The summed E-state index contributed by atoms with van der Waals surface area (Å²) in [5, 5.41) is 12.2. The van der Waals surface area contributed by atoms with Crippen LogP contribution in [0, 0.1) is 11.3 Å².